The maximum atomic E-state index is 5.94. The van der Waals surface area contributed by atoms with Gasteiger partial charge in [0.1, 0.15) is 0 Å². The molecule has 0 aromatic heterocycles. The Bertz CT molecular complexity index is 281. The summed E-state index contributed by atoms with van der Waals surface area (Å²) in [5.74, 6) is 0.615. The van der Waals surface area contributed by atoms with Gasteiger partial charge in [0.15, 0.2) is 5.96 Å². The fourth-order valence-electron chi connectivity index (χ4n) is 2.67. The lowest BCUT2D eigenvalue weighted by atomic mass is 9.67. The number of rotatable bonds is 11. The van der Waals surface area contributed by atoms with Crippen LogP contribution in [0.2, 0.25) is 0 Å². The van der Waals surface area contributed by atoms with Gasteiger partial charge in [-0.3, -0.25) is 4.99 Å². The fourth-order valence-corrected chi connectivity index (χ4v) is 2.67. The average molecular weight is 411 g/mol. The molecule has 0 amide bonds. The van der Waals surface area contributed by atoms with E-state index in [0.29, 0.717) is 11.4 Å². The van der Waals surface area contributed by atoms with Crippen LogP contribution in [-0.2, 0) is 4.74 Å². The van der Waals surface area contributed by atoms with Gasteiger partial charge >= 0.3 is 0 Å². The summed E-state index contributed by atoms with van der Waals surface area (Å²) in [7, 11) is 0. The van der Waals surface area contributed by atoms with Gasteiger partial charge in [0, 0.05) is 26.3 Å². The van der Waals surface area contributed by atoms with Gasteiger partial charge in [-0.15, -0.1) is 24.0 Å². The molecule has 21 heavy (non-hydrogen) atoms. The highest BCUT2D eigenvalue weighted by molar-refractivity contribution is 14.0. The zero-order valence-corrected chi connectivity index (χ0v) is 16.2. The van der Waals surface area contributed by atoms with E-state index in [9.17, 15) is 0 Å². The van der Waals surface area contributed by atoms with Crippen LogP contribution in [-0.4, -0.2) is 32.3 Å². The Balaban J connectivity index is 0.00000400. The minimum Gasteiger partial charge on any atom is -0.382 e. The second kappa shape index (κ2) is 12.5. The third-order valence-electron chi connectivity index (χ3n) is 4.32. The largest absolute Gasteiger partial charge is 0.382 e. The van der Waals surface area contributed by atoms with Crippen molar-refractivity contribution in [2.24, 2.45) is 16.1 Å². The molecule has 0 unspecified atom stereocenters. The zero-order valence-electron chi connectivity index (χ0n) is 13.8. The number of hydrogen-bond acceptors (Lipinski definition) is 2. The van der Waals surface area contributed by atoms with E-state index in [1.807, 2.05) is 6.92 Å². The lowest BCUT2D eigenvalue weighted by Gasteiger charge is -2.40. The number of nitrogens with one attached hydrogen (secondary N) is 1. The maximum Gasteiger partial charge on any atom is 0.188 e. The van der Waals surface area contributed by atoms with Crippen LogP contribution in [0, 0.1) is 5.41 Å². The van der Waals surface area contributed by atoms with Gasteiger partial charge in [-0.05, 0) is 38.0 Å². The molecule has 126 valence electrons. The number of guanidine groups is 1. The van der Waals surface area contributed by atoms with Crippen molar-refractivity contribution in [3.05, 3.63) is 0 Å². The van der Waals surface area contributed by atoms with Crippen molar-refractivity contribution >= 4 is 29.9 Å². The highest BCUT2D eigenvalue weighted by Crippen LogP contribution is 2.44. The van der Waals surface area contributed by atoms with Crippen LogP contribution in [0.3, 0.4) is 0 Å². The topological polar surface area (TPSA) is 59.6 Å². The van der Waals surface area contributed by atoms with Crippen LogP contribution in [0.1, 0.15) is 65.2 Å². The van der Waals surface area contributed by atoms with Crippen molar-refractivity contribution in [1.82, 2.24) is 5.32 Å². The molecule has 0 spiro atoms. The molecular formula is C16H34IN3O. The van der Waals surface area contributed by atoms with Crippen molar-refractivity contribution in [1.29, 1.82) is 0 Å². The molecule has 1 rings (SSSR count). The van der Waals surface area contributed by atoms with Crippen LogP contribution in [0.25, 0.3) is 0 Å². The molecule has 0 aliphatic heterocycles. The standard InChI is InChI=1S/C16H33N3O.HI/c1-3-5-6-7-12-18-15(17)19-14-16(9-8-10-16)11-13-20-4-2;/h3-14H2,1-2H3,(H3,17,18,19);1H. The van der Waals surface area contributed by atoms with E-state index in [-0.39, 0.29) is 24.0 Å². The van der Waals surface area contributed by atoms with E-state index in [2.05, 4.69) is 17.2 Å². The fraction of sp³-hybridized carbons (Fsp3) is 0.938. The molecule has 0 atom stereocenters. The molecule has 3 N–H and O–H groups in total. The second-order valence-electron chi connectivity index (χ2n) is 5.99. The maximum absolute atomic E-state index is 5.94. The van der Waals surface area contributed by atoms with Crippen LogP contribution in [0.5, 0.6) is 0 Å². The Morgan fingerprint density at radius 1 is 1.24 bits per heavy atom. The Labute approximate surface area is 147 Å². The Kier molecular flexibility index (Phi) is 12.5. The second-order valence-corrected chi connectivity index (χ2v) is 5.99. The Morgan fingerprint density at radius 2 is 2.00 bits per heavy atom. The smallest absolute Gasteiger partial charge is 0.188 e. The molecule has 1 saturated carbocycles. The SMILES string of the molecule is CCCCCCNC(N)=NCC1(CCOCC)CCC1.I. The molecule has 0 aromatic carbocycles. The number of halogens is 1. The van der Waals surface area contributed by atoms with Gasteiger partial charge < -0.3 is 15.8 Å². The average Bonchev–Trinajstić information content (AvgIpc) is 2.40. The number of hydrogen-bond donors (Lipinski definition) is 2. The van der Waals surface area contributed by atoms with E-state index in [4.69, 9.17) is 10.5 Å². The van der Waals surface area contributed by atoms with Gasteiger partial charge in [-0.25, -0.2) is 0 Å². The summed E-state index contributed by atoms with van der Waals surface area (Å²) in [6.07, 6.45) is 10.0. The lowest BCUT2D eigenvalue weighted by molar-refractivity contribution is 0.0609. The number of unbranched alkanes of at least 4 members (excludes halogenated alkanes) is 3. The summed E-state index contributed by atoms with van der Waals surface area (Å²) in [4.78, 5) is 4.54. The first kappa shape index (κ1) is 21.0. The summed E-state index contributed by atoms with van der Waals surface area (Å²) in [5.41, 5.74) is 6.30. The zero-order chi connectivity index (χ0) is 14.7. The molecule has 4 nitrogen and oxygen atoms in total. The first-order valence-corrected chi connectivity index (χ1v) is 8.34. The third kappa shape index (κ3) is 8.86. The summed E-state index contributed by atoms with van der Waals surface area (Å²) in [6, 6.07) is 0. The van der Waals surface area contributed by atoms with Crippen molar-refractivity contribution in [2.45, 2.75) is 65.2 Å². The molecule has 1 aliphatic carbocycles. The van der Waals surface area contributed by atoms with E-state index in [1.54, 1.807) is 0 Å². The molecular weight excluding hydrogens is 377 g/mol. The van der Waals surface area contributed by atoms with Crippen molar-refractivity contribution < 1.29 is 4.74 Å². The highest BCUT2D eigenvalue weighted by atomic mass is 127. The number of aliphatic imine (C=N–C) groups is 1. The Morgan fingerprint density at radius 3 is 2.57 bits per heavy atom. The summed E-state index contributed by atoms with van der Waals surface area (Å²) < 4.78 is 5.48. The predicted octanol–water partition coefficient (Wildman–Crippen LogP) is 3.69. The van der Waals surface area contributed by atoms with E-state index < -0.39 is 0 Å². The summed E-state index contributed by atoms with van der Waals surface area (Å²) >= 11 is 0. The van der Waals surface area contributed by atoms with Crippen molar-refractivity contribution in [3.63, 3.8) is 0 Å². The molecule has 0 radical (unpaired) electrons. The van der Waals surface area contributed by atoms with Gasteiger partial charge in [0.25, 0.3) is 0 Å². The van der Waals surface area contributed by atoms with Crippen molar-refractivity contribution in [3.8, 4) is 0 Å². The number of ether oxygens (including phenoxy) is 1. The van der Waals surface area contributed by atoms with Gasteiger partial charge in [-0.1, -0.05) is 32.6 Å². The van der Waals surface area contributed by atoms with E-state index in [0.717, 1.165) is 32.7 Å². The van der Waals surface area contributed by atoms with E-state index in [1.165, 1.54) is 44.9 Å². The number of nitrogens with zero attached hydrogens (tertiary/aromatic N) is 1. The van der Waals surface area contributed by atoms with Crippen LogP contribution < -0.4 is 11.1 Å². The first-order valence-electron chi connectivity index (χ1n) is 8.34. The van der Waals surface area contributed by atoms with Gasteiger partial charge in [0.05, 0.1) is 0 Å². The monoisotopic (exact) mass is 411 g/mol. The normalized spacial score (nSPS) is 17.0. The van der Waals surface area contributed by atoms with Crippen LogP contribution >= 0.6 is 24.0 Å². The van der Waals surface area contributed by atoms with Crippen LogP contribution in [0.15, 0.2) is 4.99 Å². The predicted molar refractivity (Wildman–Crippen MR) is 101 cm³/mol. The Hall–Kier alpha value is -0.0400. The van der Waals surface area contributed by atoms with Crippen molar-refractivity contribution in [2.75, 3.05) is 26.3 Å². The first-order chi connectivity index (χ1) is 9.72. The molecule has 1 aliphatic rings. The minimum absolute atomic E-state index is 0. The molecule has 0 aromatic rings. The molecule has 1 fully saturated rings. The number of nitrogens with two attached hydrogens (primary N) is 1. The summed E-state index contributed by atoms with van der Waals surface area (Å²) in [6.45, 7) is 7.74. The van der Waals surface area contributed by atoms with Gasteiger partial charge in [0.2, 0.25) is 0 Å². The summed E-state index contributed by atoms with van der Waals surface area (Å²) in [5, 5.41) is 3.23. The molecule has 5 heteroatoms. The van der Waals surface area contributed by atoms with Gasteiger partial charge in [-0.2, -0.15) is 0 Å². The third-order valence-corrected chi connectivity index (χ3v) is 4.32. The highest BCUT2D eigenvalue weighted by Gasteiger charge is 2.36. The van der Waals surface area contributed by atoms with Crippen LogP contribution in [0.4, 0.5) is 0 Å². The molecule has 0 bridgehead atoms. The minimum atomic E-state index is 0. The quantitative estimate of drug-likeness (QED) is 0.236. The molecule has 0 heterocycles. The molecule has 0 saturated heterocycles. The lowest BCUT2D eigenvalue weighted by Crippen LogP contribution is -2.37. The van der Waals surface area contributed by atoms with E-state index >= 15 is 0 Å².